The molecule has 0 spiro atoms. The molecule has 0 atom stereocenters. The van der Waals surface area contributed by atoms with E-state index < -0.39 is 0 Å². The van der Waals surface area contributed by atoms with Crippen LogP contribution in [0.3, 0.4) is 0 Å². The van der Waals surface area contributed by atoms with Crippen molar-refractivity contribution in [3.05, 3.63) is 202 Å². The molecule has 5 aromatic heterocycles. The van der Waals surface area contributed by atoms with Crippen molar-refractivity contribution in [3.8, 4) is 24.1 Å². The van der Waals surface area contributed by atoms with Crippen LogP contribution in [0.15, 0.2) is 91.8 Å². The average molecular weight is 1310 g/mol. The lowest BCUT2D eigenvalue weighted by molar-refractivity contribution is 0.392. The number of halogens is 9. The zero-order chi connectivity index (χ0) is 68.5. The summed E-state index contributed by atoms with van der Waals surface area (Å²) in [4.78, 5) is 19.9. The van der Waals surface area contributed by atoms with Crippen LogP contribution in [0.2, 0.25) is 25.2 Å². The van der Waals surface area contributed by atoms with Crippen molar-refractivity contribution in [2.45, 2.75) is 204 Å². The molecule has 0 radical (unpaired) electrons. The van der Waals surface area contributed by atoms with Crippen LogP contribution in [0.25, 0.3) is 0 Å². The van der Waals surface area contributed by atoms with Gasteiger partial charge in [-0.25, -0.2) is 32.5 Å². The zero-order valence-electron chi connectivity index (χ0n) is 56.7. The number of aromatic nitrogens is 5. The van der Waals surface area contributed by atoms with E-state index in [1.807, 2.05) is 115 Å². The summed E-state index contributed by atoms with van der Waals surface area (Å²) in [6, 6.07) is 15.6. The lowest BCUT2D eigenvalue weighted by Crippen LogP contribution is -2.16. The summed E-state index contributed by atoms with van der Waals surface area (Å²) in [6.07, 6.45) is 14.2. The summed E-state index contributed by atoms with van der Waals surface area (Å²) in [5, 5.41) is 2.83. The second-order valence-corrected chi connectivity index (χ2v) is 30.1. The molecule has 88 heavy (non-hydrogen) atoms. The number of rotatable bonds is 2. The number of hydrogen-bond donors (Lipinski definition) is 0. The van der Waals surface area contributed by atoms with Crippen molar-refractivity contribution >= 4 is 58.0 Å². The smallest absolute Gasteiger partial charge is 0.232 e. The average Bonchev–Trinajstić information content (AvgIpc) is 3.58. The van der Waals surface area contributed by atoms with Crippen LogP contribution in [0.5, 0.6) is 11.8 Å². The Morgan fingerprint density at radius 3 is 1.32 bits per heavy atom. The maximum absolute atomic E-state index is 13.4. The Balaban J connectivity index is 0.000000514. The molecule has 0 fully saturated rings. The van der Waals surface area contributed by atoms with Crippen molar-refractivity contribution in [3.63, 3.8) is 0 Å². The van der Waals surface area contributed by atoms with Crippen molar-refractivity contribution in [2.24, 2.45) is 0 Å². The Bertz CT molecular complexity index is 3220. The number of benzene rings is 2. The number of methoxy groups -OCH3 is 2. The number of aryl methyl sites for hydroxylation is 3. The van der Waals surface area contributed by atoms with Crippen LogP contribution < -0.4 is 9.47 Å². The van der Waals surface area contributed by atoms with Crippen molar-refractivity contribution in [1.29, 1.82) is 0 Å². The highest BCUT2D eigenvalue weighted by atomic mass is 35.5. The van der Waals surface area contributed by atoms with Crippen LogP contribution in [-0.4, -0.2) is 39.1 Å². The van der Waals surface area contributed by atoms with Crippen LogP contribution >= 0.6 is 58.0 Å². The fraction of sp³-hybridized carbons (Fsp3) is 0.458. The molecule has 0 aliphatic rings. The molecule has 0 bridgehead atoms. The molecule has 2 aromatic carbocycles. The molecule has 0 aliphatic heterocycles. The van der Waals surface area contributed by atoms with Crippen molar-refractivity contribution < 1.29 is 27.0 Å². The Labute approximate surface area is 550 Å². The van der Waals surface area contributed by atoms with Gasteiger partial charge in [0.25, 0.3) is 0 Å². The lowest BCUT2D eigenvalue weighted by Gasteiger charge is -2.23. The molecular weight excluding hydrogens is 1220 g/mol. The van der Waals surface area contributed by atoms with E-state index in [2.05, 4.69) is 100 Å². The topological polar surface area (TPSA) is 82.9 Å². The number of hydrogen-bond acceptors (Lipinski definition) is 7. The van der Waals surface area contributed by atoms with Gasteiger partial charge in [0.05, 0.1) is 42.4 Å². The molecule has 0 saturated heterocycles. The SMILES string of the molecule is C#Cc1cncc(F)c1C(C)(C)C.CC(C)(C)c1c(F)cccc1Cl.CC(C)(C)c1c(F)cncc1Cl.COc1ccc(Cl)c(C(C)(C)C)n1.COc1ncc(C)c(C(C)(C)C)c1Cl.Cc1ccc(F)c(C(C)(C)C)c1.Cc1ccnc(Cl)c1C(C)(C)C. The third-order valence-corrected chi connectivity index (χ3v) is 14.3. The van der Waals surface area contributed by atoms with E-state index in [4.69, 9.17) is 73.9 Å². The zero-order valence-corrected chi connectivity index (χ0v) is 60.5. The minimum absolute atomic E-state index is 0.0113. The highest BCUT2D eigenvalue weighted by Gasteiger charge is 2.26. The Kier molecular flexibility index (Phi) is 30.7. The molecule has 5 heterocycles. The number of terminal acetylenes is 1. The monoisotopic (exact) mass is 1310 g/mol. The van der Waals surface area contributed by atoms with Gasteiger partial charge in [-0.05, 0) is 111 Å². The van der Waals surface area contributed by atoms with Gasteiger partial charge in [0.1, 0.15) is 33.4 Å². The first-order chi connectivity index (χ1) is 40.0. The molecule has 0 unspecified atom stereocenters. The Morgan fingerprint density at radius 1 is 0.443 bits per heavy atom. The largest absolute Gasteiger partial charge is 0.481 e. The Morgan fingerprint density at radius 2 is 0.943 bits per heavy atom. The first kappa shape index (κ1) is 80.5. The van der Waals surface area contributed by atoms with Crippen LogP contribution in [0.4, 0.5) is 17.6 Å². The van der Waals surface area contributed by atoms with E-state index in [1.54, 1.807) is 50.9 Å². The minimum Gasteiger partial charge on any atom is -0.481 e. The molecule has 0 saturated carbocycles. The van der Waals surface area contributed by atoms with Crippen LogP contribution in [-0.2, 0) is 37.9 Å². The molecule has 7 aromatic rings. The molecule has 482 valence electrons. The fourth-order valence-electron chi connectivity index (χ4n) is 8.97. The van der Waals surface area contributed by atoms with Gasteiger partial charge in [-0.3, -0.25) is 9.97 Å². The number of pyridine rings is 5. The van der Waals surface area contributed by atoms with Crippen LogP contribution in [0.1, 0.15) is 207 Å². The molecule has 7 rings (SSSR count). The van der Waals surface area contributed by atoms with Crippen LogP contribution in [0, 0.1) is 56.4 Å². The summed E-state index contributed by atoms with van der Waals surface area (Å²) in [7, 11) is 3.18. The normalized spacial score (nSPS) is 11.6. The summed E-state index contributed by atoms with van der Waals surface area (Å²) in [5.41, 5.74) is 8.69. The van der Waals surface area contributed by atoms with Gasteiger partial charge in [0.15, 0.2) is 0 Å². The predicted molar refractivity (Wildman–Crippen MR) is 365 cm³/mol. The molecular formula is C72H94Cl5F4N5O2. The van der Waals surface area contributed by atoms with E-state index in [0.29, 0.717) is 59.3 Å². The summed E-state index contributed by atoms with van der Waals surface area (Å²) < 4.78 is 63.2. The third-order valence-electron chi connectivity index (χ3n) is 12.8. The quantitative estimate of drug-likeness (QED) is 0.0969. The first-order valence-corrected chi connectivity index (χ1v) is 30.5. The molecule has 0 amide bonds. The van der Waals surface area contributed by atoms with Crippen molar-refractivity contribution in [2.75, 3.05) is 14.2 Å². The van der Waals surface area contributed by atoms with Gasteiger partial charge in [-0.15, -0.1) is 6.42 Å². The predicted octanol–water partition coefficient (Wildman–Crippen LogP) is 22.6. The Hall–Kier alpha value is -5.48. The van der Waals surface area contributed by atoms with E-state index in [9.17, 15) is 17.6 Å². The number of ether oxygens (including phenoxy) is 2. The molecule has 16 heteroatoms. The molecule has 0 N–H and O–H groups in total. The number of nitrogens with zero attached hydrogens (tertiary/aromatic N) is 5. The second-order valence-electron chi connectivity index (χ2n) is 28.1. The van der Waals surface area contributed by atoms with Gasteiger partial charge in [0, 0.05) is 63.5 Å². The molecule has 7 nitrogen and oxygen atoms in total. The third kappa shape index (κ3) is 25.4. The molecule has 0 aliphatic carbocycles. The van der Waals surface area contributed by atoms with Gasteiger partial charge in [0.2, 0.25) is 11.8 Å². The minimum atomic E-state index is -0.338. The van der Waals surface area contributed by atoms with E-state index in [1.165, 1.54) is 42.5 Å². The second kappa shape index (κ2) is 33.5. The lowest BCUT2D eigenvalue weighted by atomic mass is 9.84. The van der Waals surface area contributed by atoms with Crippen molar-refractivity contribution in [1.82, 2.24) is 24.9 Å². The van der Waals surface area contributed by atoms with E-state index in [0.717, 1.165) is 33.5 Å². The summed E-state index contributed by atoms with van der Waals surface area (Å²) >= 11 is 29.9. The van der Waals surface area contributed by atoms with Gasteiger partial charge in [-0.1, -0.05) is 233 Å². The maximum atomic E-state index is 13.4. The highest BCUT2D eigenvalue weighted by Crippen LogP contribution is 2.38. The summed E-state index contributed by atoms with van der Waals surface area (Å²) in [6.45, 7) is 48.5. The first-order valence-electron chi connectivity index (χ1n) is 28.6. The standard InChI is InChI=1S/C11H16ClNO.C11H12FN.C11H15F.C10H12ClF.C10H14ClNO.C10H14ClN.C9H11ClFN/c1-7-6-13-10(14-5)9(12)8(7)11(2,3)4;1-5-8-6-13-7-9(12)10(8)11(2,3)4;1-8-5-6-10(12)9(7-8)11(2,3)4;1-10(2,3)9-7(11)5-4-6-8(9)12;1-10(2,3)9-7(11)5-6-8(12-9)13-4;1-7-5-6-12-9(11)8(7)10(2,3)4;1-9(2,3)8-6(10)4-12-5-7(8)11/h6H,1-5H3;1,6-7H,2-4H3;5-7H,1-4H3;4-6H,1-3H3;5-6H,1-4H3;5-6H,1-4H3;4-5H,1-3H3. The van der Waals surface area contributed by atoms with E-state index >= 15 is 0 Å². The van der Waals surface area contributed by atoms with Gasteiger partial charge < -0.3 is 9.47 Å². The maximum Gasteiger partial charge on any atom is 0.232 e. The van der Waals surface area contributed by atoms with Gasteiger partial charge in [-0.2, -0.15) is 0 Å². The van der Waals surface area contributed by atoms with E-state index in [-0.39, 0.29) is 61.2 Å². The fourth-order valence-corrected chi connectivity index (χ4v) is 11.3. The summed E-state index contributed by atoms with van der Waals surface area (Å²) in [5.74, 6) is 2.55. The van der Waals surface area contributed by atoms with Gasteiger partial charge >= 0.3 is 0 Å². The highest BCUT2D eigenvalue weighted by molar-refractivity contribution is 6.33.